The van der Waals surface area contributed by atoms with Gasteiger partial charge in [-0.1, -0.05) is 19.9 Å². The third-order valence-corrected chi connectivity index (χ3v) is 7.65. The normalized spacial score (nSPS) is 24.3. The molecule has 35 heavy (non-hydrogen) atoms. The Morgan fingerprint density at radius 2 is 1.89 bits per heavy atom. The van der Waals surface area contributed by atoms with E-state index in [-0.39, 0.29) is 29.8 Å². The van der Waals surface area contributed by atoms with Gasteiger partial charge in [0.05, 0.1) is 6.04 Å². The van der Waals surface area contributed by atoms with Gasteiger partial charge in [0.15, 0.2) is 0 Å². The molecule has 192 valence electrons. The molecule has 4 rings (SSSR count). The summed E-state index contributed by atoms with van der Waals surface area (Å²) in [6.45, 7) is 11.3. The Morgan fingerprint density at radius 1 is 1.17 bits per heavy atom. The smallest absolute Gasteiger partial charge is 0.407 e. The molecule has 0 saturated heterocycles. The van der Waals surface area contributed by atoms with E-state index >= 15 is 0 Å². The van der Waals surface area contributed by atoms with Crippen molar-refractivity contribution in [3.05, 3.63) is 40.7 Å². The van der Waals surface area contributed by atoms with Crippen molar-refractivity contribution in [2.24, 2.45) is 17.8 Å². The van der Waals surface area contributed by atoms with E-state index in [1.165, 1.54) is 16.7 Å². The number of fused-ring (bicyclic) bond motifs is 2. The van der Waals surface area contributed by atoms with E-state index in [0.717, 1.165) is 50.5 Å². The maximum atomic E-state index is 14.0. The largest absolute Gasteiger partial charge is 0.444 e. The molecule has 2 amide bonds. The molecule has 3 aliphatic rings. The molecule has 0 radical (unpaired) electrons. The van der Waals surface area contributed by atoms with Crippen LogP contribution in [0.3, 0.4) is 0 Å². The molecule has 0 spiro atoms. The molecule has 2 aliphatic carbocycles. The second kappa shape index (κ2) is 10.3. The first kappa shape index (κ1) is 25.7. The number of amides is 2. The van der Waals surface area contributed by atoms with Crippen LogP contribution in [0.5, 0.6) is 0 Å². The molecule has 1 aliphatic heterocycles. The lowest BCUT2D eigenvalue weighted by Crippen LogP contribution is -2.48. The van der Waals surface area contributed by atoms with Crippen LogP contribution >= 0.6 is 0 Å². The lowest BCUT2D eigenvalue weighted by atomic mass is 9.80. The van der Waals surface area contributed by atoms with Gasteiger partial charge >= 0.3 is 6.09 Å². The number of halogens is 1. The van der Waals surface area contributed by atoms with Crippen LogP contribution in [0.25, 0.3) is 5.57 Å². The average molecular weight is 485 g/mol. The Balaban J connectivity index is 1.38. The highest BCUT2D eigenvalue weighted by Crippen LogP contribution is 2.43. The molecular weight excluding hydrogens is 443 g/mol. The SMILES string of the molecule is CC(C)CC1C2=C(CCN1C(=O)C1CCC(CNC(=O)OC(C)(C)C)CC1)c1cc(F)ccc1C2. The van der Waals surface area contributed by atoms with Crippen molar-refractivity contribution in [1.29, 1.82) is 0 Å². The minimum absolute atomic E-state index is 0.0470. The summed E-state index contributed by atoms with van der Waals surface area (Å²) in [7, 11) is 0. The number of alkyl carbamates (subject to hydrolysis) is 1. The van der Waals surface area contributed by atoms with Crippen molar-refractivity contribution in [3.63, 3.8) is 0 Å². The molecule has 5 nitrogen and oxygen atoms in total. The fourth-order valence-corrected chi connectivity index (χ4v) is 6.03. The fourth-order valence-electron chi connectivity index (χ4n) is 6.03. The summed E-state index contributed by atoms with van der Waals surface area (Å²) in [6, 6.07) is 5.24. The number of hydrogen-bond acceptors (Lipinski definition) is 3. The molecule has 1 saturated carbocycles. The molecule has 1 aromatic carbocycles. The van der Waals surface area contributed by atoms with Gasteiger partial charge in [-0.25, -0.2) is 9.18 Å². The van der Waals surface area contributed by atoms with Gasteiger partial charge in [-0.15, -0.1) is 0 Å². The zero-order valence-corrected chi connectivity index (χ0v) is 22.0. The first-order chi connectivity index (χ1) is 16.5. The molecule has 1 atom stereocenters. The lowest BCUT2D eigenvalue weighted by molar-refractivity contribution is -0.139. The van der Waals surface area contributed by atoms with Gasteiger partial charge in [0, 0.05) is 19.0 Å². The number of carbonyl (C=O) groups is 2. The summed E-state index contributed by atoms with van der Waals surface area (Å²) in [5.41, 5.74) is 4.34. The fraction of sp³-hybridized carbons (Fsp3) is 0.655. The summed E-state index contributed by atoms with van der Waals surface area (Å²) >= 11 is 0. The van der Waals surface area contributed by atoms with Crippen molar-refractivity contribution in [3.8, 4) is 0 Å². The minimum Gasteiger partial charge on any atom is -0.444 e. The van der Waals surface area contributed by atoms with Gasteiger partial charge in [-0.05, 0) is 112 Å². The number of ether oxygens (including phenoxy) is 1. The lowest BCUT2D eigenvalue weighted by Gasteiger charge is -2.41. The molecule has 1 N–H and O–H groups in total. The first-order valence-electron chi connectivity index (χ1n) is 13.3. The van der Waals surface area contributed by atoms with Crippen molar-refractivity contribution >= 4 is 17.6 Å². The van der Waals surface area contributed by atoms with Gasteiger partial charge < -0.3 is 15.0 Å². The van der Waals surface area contributed by atoms with Crippen LogP contribution in [0.15, 0.2) is 23.8 Å². The van der Waals surface area contributed by atoms with E-state index < -0.39 is 5.60 Å². The van der Waals surface area contributed by atoms with Crippen molar-refractivity contribution in [2.45, 2.75) is 91.2 Å². The summed E-state index contributed by atoms with van der Waals surface area (Å²) < 4.78 is 19.3. The predicted molar refractivity (Wildman–Crippen MR) is 136 cm³/mol. The predicted octanol–water partition coefficient (Wildman–Crippen LogP) is 6.11. The Kier molecular flexibility index (Phi) is 7.58. The highest BCUT2D eigenvalue weighted by atomic mass is 19.1. The highest BCUT2D eigenvalue weighted by molar-refractivity contribution is 5.84. The van der Waals surface area contributed by atoms with E-state index in [2.05, 4.69) is 24.1 Å². The third kappa shape index (κ3) is 6.07. The van der Waals surface area contributed by atoms with Crippen LogP contribution in [0.4, 0.5) is 9.18 Å². The molecular formula is C29H41FN2O3. The van der Waals surface area contributed by atoms with Crippen LogP contribution in [-0.2, 0) is 16.0 Å². The molecule has 0 bridgehead atoms. The molecule has 1 unspecified atom stereocenters. The van der Waals surface area contributed by atoms with Gasteiger partial charge in [0.2, 0.25) is 5.91 Å². The van der Waals surface area contributed by atoms with Gasteiger partial charge in [-0.2, -0.15) is 0 Å². The summed E-state index contributed by atoms with van der Waals surface area (Å²) in [4.78, 5) is 27.9. The van der Waals surface area contributed by atoms with Crippen LogP contribution < -0.4 is 5.32 Å². The Labute approximate surface area is 209 Å². The molecule has 1 fully saturated rings. The standard InChI is InChI=1S/C29H41FN2O3/c1-18(2)14-26-25-15-21-10-11-22(30)16-24(21)23(25)12-13-32(26)27(33)20-8-6-19(7-9-20)17-31-28(34)35-29(3,4)5/h10-11,16,18-20,26H,6-9,12-15,17H2,1-5H3,(H,31,34). The highest BCUT2D eigenvalue weighted by Gasteiger charge is 2.39. The third-order valence-electron chi connectivity index (χ3n) is 7.65. The summed E-state index contributed by atoms with van der Waals surface area (Å²) in [5, 5.41) is 2.89. The number of hydrogen-bond donors (Lipinski definition) is 1. The maximum absolute atomic E-state index is 14.0. The maximum Gasteiger partial charge on any atom is 0.407 e. The van der Waals surface area contributed by atoms with Crippen LogP contribution in [0, 0.1) is 23.6 Å². The van der Waals surface area contributed by atoms with Gasteiger partial charge in [-0.3, -0.25) is 4.79 Å². The minimum atomic E-state index is -0.501. The molecule has 0 aromatic heterocycles. The zero-order valence-electron chi connectivity index (χ0n) is 22.0. The topological polar surface area (TPSA) is 58.6 Å². The van der Waals surface area contributed by atoms with E-state index in [4.69, 9.17) is 4.74 Å². The summed E-state index contributed by atoms with van der Waals surface area (Å²) in [6.07, 6.45) is 5.80. The Bertz CT molecular complexity index is 986. The van der Waals surface area contributed by atoms with Gasteiger partial charge in [0.1, 0.15) is 11.4 Å². The monoisotopic (exact) mass is 484 g/mol. The van der Waals surface area contributed by atoms with E-state index in [1.807, 2.05) is 26.8 Å². The Hall–Kier alpha value is -2.37. The number of nitrogens with one attached hydrogen (secondary N) is 1. The van der Waals surface area contributed by atoms with Crippen LogP contribution in [-0.4, -0.2) is 41.6 Å². The quantitative estimate of drug-likeness (QED) is 0.548. The van der Waals surface area contributed by atoms with E-state index in [9.17, 15) is 14.0 Å². The molecule has 1 aromatic rings. The number of carbonyl (C=O) groups excluding carboxylic acids is 2. The van der Waals surface area contributed by atoms with E-state index in [0.29, 0.717) is 24.9 Å². The summed E-state index contributed by atoms with van der Waals surface area (Å²) in [5.74, 6) is 0.994. The molecule has 6 heteroatoms. The van der Waals surface area contributed by atoms with Crippen molar-refractivity contribution < 1.29 is 18.7 Å². The van der Waals surface area contributed by atoms with Crippen molar-refractivity contribution in [1.82, 2.24) is 10.2 Å². The number of benzene rings is 1. The second-order valence-corrected chi connectivity index (χ2v) is 12.0. The number of rotatable bonds is 5. The van der Waals surface area contributed by atoms with Gasteiger partial charge in [0.25, 0.3) is 0 Å². The Morgan fingerprint density at radius 3 is 2.54 bits per heavy atom. The molecule has 1 heterocycles. The van der Waals surface area contributed by atoms with Crippen LogP contribution in [0.2, 0.25) is 0 Å². The van der Waals surface area contributed by atoms with E-state index in [1.54, 1.807) is 12.1 Å². The first-order valence-corrected chi connectivity index (χ1v) is 13.3. The second-order valence-electron chi connectivity index (χ2n) is 12.0. The van der Waals surface area contributed by atoms with Crippen molar-refractivity contribution in [2.75, 3.05) is 13.1 Å². The van der Waals surface area contributed by atoms with Crippen LogP contribution in [0.1, 0.15) is 84.3 Å². The zero-order chi connectivity index (χ0) is 25.3. The average Bonchev–Trinajstić information content (AvgIpc) is 3.15. The number of nitrogens with zero attached hydrogens (tertiary/aromatic N) is 1.